The number of carbonyl (C=O) groups excluding carboxylic acids is 3. The Bertz CT molecular complexity index is 911. The molecule has 0 aromatic carbocycles. The van der Waals surface area contributed by atoms with Crippen molar-refractivity contribution in [2.45, 2.75) is 264 Å². The van der Waals surface area contributed by atoms with E-state index in [1.54, 1.807) is 0 Å². The number of hydrogen-bond acceptors (Lipinski definition) is 6. The summed E-state index contributed by atoms with van der Waals surface area (Å²) in [5.74, 6) is -0.905. The van der Waals surface area contributed by atoms with Gasteiger partial charge in [0.05, 0.1) is 0 Å². The van der Waals surface area contributed by atoms with Crippen LogP contribution in [0.15, 0.2) is 24.3 Å². The second kappa shape index (κ2) is 45.6. The van der Waals surface area contributed by atoms with Gasteiger partial charge in [-0.2, -0.15) is 0 Å². The van der Waals surface area contributed by atoms with Gasteiger partial charge in [-0.1, -0.05) is 218 Å². The molecule has 328 valence electrons. The zero-order valence-corrected chi connectivity index (χ0v) is 37.4. The maximum absolute atomic E-state index is 12.7. The highest BCUT2D eigenvalue weighted by Gasteiger charge is 2.19. The number of allylic oxidation sites excluding steroid dienone is 4. The quantitative estimate of drug-likeness (QED) is 0.0265. The van der Waals surface area contributed by atoms with Gasteiger partial charge in [0.1, 0.15) is 13.2 Å². The highest BCUT2D eigenvalue weighted by Crippen LogP contribution is 2.16. The summed E-state index contributed by atoms with van der Waals surface area (Å²) in [6.45, 7) is 6.50. The van der Waals surface area contributed by atoms with E-state index in [1.165, 1.54) is 148 Å². The number of esters is 3. The van der Waals surface area contributed by atoms with Crippen LogP contribution in [0, 0.1) is 0 Å². The maximum Gasteiger partial charge on any atom is 0.306 e. The lowest BCUT2D eigenvalue weighted by Gasteiger charge is -2.18. The Morgan fingerprint density at radius 2 is 0.696 bits per heavy atom. The Morgan fingerprint density at radius 1 is 0.375 bits per heavy atom. The number of hydrogen-bond donors (Lipinski definition) is 0. The Hall–Kier alpha value is -2.11. The molecule has 1 atom stereocenters. The molecule has 0 bridgehead atoms. The van der Waals surface area contributed by atoms with Crippen molar-refractivity contribution in [1.29, 1.82) is 0 Å². The van der Waals surface area contributed by atoms with Crippen molar-refractivity contribution in [3.05, 3.63) is 24.3 Å². The average Bonchev–Trinajstić information content (AvgIpc) is 3.19. The van der Waals surface area contributed by atoms with Crippen LogP contribution in [0.5, 0.6) is 0 Å². The summed E-state index contributed by atoms with van der Waals surface area (Å²) < 4.78 is 16.7. The molecule has 0 aromatic rings. The van der Waals surface area contributed by atoms with Crippen LogP contribution in [0.3, 0.4) is 0 Å². The van der Waals surface area contributed by atoms with Gasteiger partial charge in [-0.15, -0.1) is 0 Å². The minimum Gasteiger partial charge on any atom is -0.462 e. The van der Waals surface area contributed by atoms with E-state index in [2.05, 4.69) is 45.1 Å². The van der Waals surface area contributed by atoms with Gasteiger partial charge >= 0.3 is 17.9 Å². The van der Waals surface area contributed by atoms with Crippen molar-refractivity contribution in [3.63, 3.8) is 0 Å². The summed E-state index contributed by atoms with van der Waals surface area (Å²) >= 11 is 0. The molecule has 0 aliphatic carbocycles. The van der Waals surface area contributed by atoms with E-state index in [1.807, 2.05) is 0 Å². The summed E-state index contributed by atoms with van der Waals surface area (Å²) in [5.41, 5.74) is 0. The monoisotopic (exact) mass is 789 g/mol. The van der Waals surface area contributed by atoms with Gasteiger partial charge in [-0.25, -0.2) is 0 Å². The topological polar surface area (TPSA) is 78.9 Å². The zero-order chi connectivity index (χ0) is 40.8. The molecule has 6 nitrogen and oxygen atoms in total. The molecule has 0 saturated heterocycles. The summed E-state index contributed by atoms with van der Waals surface area (Å²) in [6.07, 6.45) is 50.3. The first kappa shape index (κ1) is 53.9. The minimum atomic E-state index is -0.776. The number of rotatable bonds is 44. The Balaban J connectivity index is 4.28. The van der Waals surface area contributed by atoms with Crippen molar-refractivity contribution < 1.29 is 28.6 Å². The average molecular weight is 789 g/mol. The molecular weight excluding hydrogens is 697 g/mol. The minimum absolute atomic E-state index is 0.0769. The fourth-order valence-corrected chi connectivity index (χ4v) is 7.07. The summed E-state index contributed by atoms with van der Waals surface area (Å²) in [7, 11) is 0. The summed E-state index contributed by atoms with van der Waals surface area (Å²) in [5, 5.41) is 0. The maximum atomic E-state index is 12.7. The van der Waals surface area contributed by atoms with Crippen molar-refractivity contribution in [3.8, 4) is 0 Å². The molecule has 6 heteroatoms. The first-order chi connectivity index (χ1) is 27.5. The second-order valence-electron chi connectivity index (χ2n) is 16.4. The first-order valence-electron chi connectivity index (χ1n) is 24.3. The van der Waals surface area contributed by atoms with Gasteiger partial charge < -0.3 is 14.2 Å². The predicted molar refractivity (Wildman–Crippen MR) is 238 cm³/mol. The molecule has 0 aliphatic rings. The van der Waals surface area contributed by atoms with Crippen LogP contribution in [-0.4, -0.2) is 37.2 Å². The van der Waals surface area contributed by atoms with Gasteiger partial charge in [0, 0.05) is 19.3 Å². The number of unbranched alkanes of at least 4 members (excludes halogenated alkanes) is 29. The third kappa shape index (κ3) is 43.0. The normalized spacial score (nSPS) is 12.1. The number of ether oxygens (including phenoxy) is 3. The Morgan fingerprint density at radius 3 is 1.07 bits per heavy atom. The highest BCUT2D eigenvalue weighted by atomic mass is 16.6. The number of carbonyl (C=O) groups is 3. The molecule has 0 radical (unpaired) electrons. The third-order valence-corrected chi connectivity index (χ3v) is 10.7. The Labute approximate surface area is 347 Å². The largest absolute Gasteiger partial charge is 0.462 e. The second-order valence-corrected chi connectivity index (χ2v) is 16.4. The van der Waals surface area contributed by atoms with E-state index in [-0.39, 0.29) is 31.1 Å². The summed E-state index contributed by atoms with van der Waals surface area (Å²) in [6, 6.07) is 0. The van der Waals surface area contributed by atoms with E-state index in [4.69, 9.17) is 14.2 Å². The van der Waals surface area contributed by atoms with Crippen molar-refractivity contribution in [2.24, 2.45) is 0 Å². The Kier molecular flexibility index (Phi) is 43.9. The lowest BCUT2D eigenvalue weighted by molar-refractivity contribution is -0.167. The van der Waals surface area contributed by atoms with Crippen LogP contribution >= 0.6 is 0 Å². The van der Waals surface area contributed by atoms with Crippen molar-refractivity contribution in [2.75, 3.05) is 13.2 Å². The predicted octanol–water partition coefficient (Wildman–Crippen LogP) is 15.6. The smallest absolute Gasteiger partial charge is 0.306 e. The molecule has 0 rings (SSSR count). The van der Waals surface area contributed by atoms with Crippen LogP contribution in [0.4, 0.5) is 0 Å². The van der Waals surface area contributed by atoms with Crippen molar-refractivity contribution >= 4 is 17.9 Å². The van der Waals surface area contributed by atoms with E-state index in [9.17, 15) is 14.4 Å². The van der Waals surface area contributed by atoms with Crippen LogP contribution in [-0.2, 0) is 28.6 Å². The van der Waals surface area contributed by atoms with Gasteiger partial charge in [0.15, 0.2) is 6.10 Å². The SMILES string of the molecule is CC/C=C\C/C=C\CCCCC(=O)OCC(COC(=O)CCCCCCCCCCCCCCCCCCC)OC(=O)CCCCCCCCCCCCCC. The van der Waals surface area contributed by atoms with E-state index in [0.717, 1.165) is 70.6 Å². The molecule has 0 fully saturated rings. The van der Waals surface area contributed by atoms with Crippen LogP contribution < -0.4 is 0 Å². The standard InChI is InChI=1S/C50H92O6/c1-4-7-10-13-16-19-21-23-24-25-26-27-29-31-34-37-40-43-49(52)55-46-47(45-54-48(51)42-39-36-33-30-18-15-12-9-6-3)56-50(53)44-41-38-35-32-28-22-20-17-14-11-8-5-2/h9,12,18,30,47H,4-8,10-11,13-17,19-29,31-46H2,1-3H3/b12-9-,30-18-. The molecule has 0 amide bonds. The molecule has 0 aliphatic heterocycles. The lowest BCUT2D eigenvalue weighted by Crippen LogP contribution is -2.30. The molecule has 0 heterocycles. The fraction of sp³-hybridized carbons (Fsp3) is 0.860. The summed E-state index contributed by atoms with van der Waals surface area (Å²) in [4.78, 5) is 37.7. The van der Waals surface area contributed by atoms with E-state index < -0.39 is 6.10 Å². The molecule has 0 aromatic heterocycles. The van der Waals surface area contributed by atoms with Gasteiger partial charge in [-0.3, -0.25) is 14.4 Å². The zero-order valence-electron chi connectivity index (χ0n) is 37.4. The molecule has 0 saturated carbocycles. The lowest BCUT2D eigenvalue weighted by atomic mass is 10.0. The van der Waals surface area contributed by atoms with Gasteiger partial charge in [-0.05, 0) is 44.9 Å². The molecule has 0 N–H and O–H groups in total. The highest BCUT2D eigenvalue weighted by molar-refractivity contribution is 5.71. The van der Waals surface area contributed by atoms with Gasteiger partial charge in [0.25, 0.3) is 0 Å². The molecular formula is C50H92O6. The van der Waals surface area contributed by atoms with Crippen LogP contribution in [0.1, 0.15) is 258 Å². The fourth-order valence-electron chi connectivity index (χ4n) is 7.07. The molecule has 1 unspecified atom stereocenters. The molecule has 56 heavy (non-hydrogen) atoms. The van der Waals surface area contributed by atoms with Gasteiger partial charge in [0.2, 0.25) is 0 Å². The molecule has 0 spiro atoms. The van der Waals surface area contributed by atoms with Crippen LogP contribution in [0.25, 0.3) is 0 Å². The third-order valence-electron chi connectivity index (χ3n) is 10.7. The van der Waals surface area contributed by atoms with Crippen LogP contribution in [0.2, 0.25) is 0 Å². The van der Waals surface area contributed by atoms with E-state index in [0.29, 0.717) is 19.3 Å². The first-order valence-corrected chi connectivity index (χ1v) is 24.3. The van der Waals surface area contributed by atoms with E-state index >= 15 is 0 Å². The van der Waals surface area contributed by atoms with Crippen molar-refractivity contribution in [1.82, 2.24) is 0 Å².